The molecule has 0 radical (unpaired) electrons. The summed E-state index contributed by atoms with van der Waals surface area (Å²) in [4.78, 5) is 0. The molecule has 1 aliphatic heterocycles. The van der Waals surface area contributed by atoms with E-state index in [4.69, 9.17) is 21.7 Å². The number of aryl methyl sites for hydroxylation is 1. The number of ether oxygens (including phenoxy) is 1. The summed E-state index contributed by atoms with van der Waals surface area (Å²) >= 11 is 6.24. The first-order valence-corrected chi connectivity index (χ1v) is 6.04. The minimum Gasteiger partial charge on any atom is -0.369 e. The zero-order valence-electron chi connectivity index (χ0n) is 9.90. The monoisotopic (exact) mass is 261 g/mol. The van der Waals surface area contributed by atoms with Crippen LogP contribution in [-0.4, -0.2) is 22.1 Å². The molecule has 0 unspecified atom stereocenters. The van der Waals surface area contributed by atoms with Gasteiger partial charge in [-0.2, -0.15) is 5.10 Å². The fourth-order valence-electron chi connectivity index (χ4n) is 2.18. The highest BCUT2D eigenvalue weighted by atomic mass is 35.5. The minimum absolute atomic E-state index is 0.347. The average Bonchev–Trinajstić information content (AvgIpc) is 2.75. The van der Waals surface area contributed by atoms with Gasteiger partial charge in [-0.25, -0.2) is 4.68 Å². The van der Waals surface area contributed by atoms with E-state index in [1.165, 1.54) is 0 Å². The summed E-state index contributed by atoms with van der Waals surface area (Å²) in [5.41, 5.74) is 4.11. The summed E-state index contributed by atoms with van der Waals surface area (Å²) < 4.78 is 7.16. The predicted molar refractivity (Wildman–Crippen MR) is 69.8 cm³/mol. The van der Waals surface area contributed by atoms with E-state index in [9.17, 15) is 0 Å². The fourth-order valence-corrected chi connectivity index (χ4v) is 2.48. The Labute approximate surface area is 110 Å². The van der Waals surface area contributed by atoms with Crippen LogP contribution in [0.1, 0.15) is 16.8 Å². The predicted octanol–water partition coefficient (Wildman–Crippen LogP) is 2.73. The molecule has 18 heavy (non-hydrogen) atoms. The smallest absolute Gasteiger partial charge is 0.0901 e. The molecule has 3 rings (SSSR count). The summed E-state index contributed by atoms with van der Waals surface area (Å²) in [5, 5.41) is 12.8. The number of hydrogen-bond donors (Lipinski definition) is 1. The van der Waals surface area contributed by atoms with E-state index in [0.29, 0.717) is 23.9 Å². The number of para-hydroxylation sites is 1. The Morgan fingerprint density at radius 1 is 1.39 bits per heavy atom. The van der Waals surface area contributed by atoms with E-state index in [1.54, 1.807) is 10.9 Å². The third kappa shape index (κ3) is 1.65. The minimum atomic E-state index is 0.347. The summed E-state index contributed by atoms with van der Waals surface area (Å²) in [6, 6.07) is 5.74. The maximum atomic E-state index is 7.84. The molecule has 0 saturated carbocycles. The first-order valence-electron chi connectivity index (χ1n) is 5.66. The molecule has 1 aromatic carbocycles. The quantitative estimate of drug-likeness (QED) is 0.858. The second kappa shape index (κ2) is 4.23. The first-order chi connectivity index (χ1) is 8.68. The number of benzene rings is 1. The Morgan fingerprint density at radius 2 is 2.22 bits per heavy atom. The summed E-state index contributed by atoms with van der Waals surface area (Å²) in [5.74, 6) is 0. The lowest BCUT2D eigenvalue weighted by molar-refractivity contribution is 0.146. The molecule has 1 N–H and O–H groups in total. The highest BCUT2D eigenvalue weighted by molar-refractivity contribution is 6.32. The molecule has 0 atom stereocenters. The molecule has 5 heteroatoms. The molecule has 1 aromatic heterocycles. The van der Waals surface area contributed by atoms with E-state index in [0.717, 1.165) is 22.5 Å². The normalized spacial score (nSPS) is 14.7. The van der Waals surface area contributed by atoms with Gasteiger partial charge in [0.05, 0.1) is 41.5 Å². The Bertz CT molecular complexity index is 613. The van der Waals surface area contributed by atoms with Gasteiger partial charge in [-0.3, -0.25) is 0 Å². The van der Waals surface area contributed by atoms with Crippen LogP contribution in [-0.2, 0) is 11.3 Å². The van der Waals surface area contributed by atoms with E-state index >= 15 is 0 Å². The molecular formula is C13H12ClN3O. The van der Waals surface area contributed by atoms with Crippen molar-refractivity contribution in [3.05, 3.63) is 46.2 Å². The Kier molecular flexibility index (Phi) is 2.69. The number of nitrogens with one attached hydrogen (secondary N) is 1. The summed E-state index contributed by atoms with van der Waals surface area (Å²) in [7, 11) is 0. The lowest BCUT2D eigenvalue weighted by atomic mass is 10.1. The number of nitrogens with zero attached hydrogens (tertiary/aromatic N) is 2. The number of aromatic nitrogens is 2. The summed E-state index contributed by atoms with van der Waals surface area (Å²) in [6.45, 7) is 2.80. The zero-order valence-corrected chi connectivity index (χ0v) is 10.7. The third-order valence-corrected chi connectivity index (χ3v) is 3.38. The highest BCUT2D eigenvalue weighted by Gasteiger charge is 2.22. The van der Waals surface area contributed by atoms with Crippen molar-refractivity contribution in [1.29, 1.82) is 5.41 Å². The van der Waals surface area contributed by atoms with Crippen LogP contribution in [0.4, 0.5) is 0 Å². The van der Waals surface area contributed by atoms with Gasteiger partial charge < -0.3 is 10.1 Å². The van der Waals surface area contributed by atoms with Gasteiger partial charge in [0.1, 0.15) is 0 Å². The molecule has 92 valence electrons. The van der Waals surface area contributed by atoms with E-state index < -0.39 is 0 Å². The lowest BCUT2D eigenvalue weighted by Crippen LogP contribution is -2.19. The number of hydrogen-bond acceptors (Lipinski definition) is 3. The van der Waals surface area contributed by atoms with Crippen molar-refractivity contribution in [2.75, 3.05) is 6.61 Å². The van der Waals surface area contributed by atoms with Crippen molar-refractivity contribution >= 4 is 17.3 Å². The third-order valence-electron chi connectivity index (χ3n) is 3.08. The van der Waals surface area contributed by atoms with Gasteiger partial charge in [-0.05, 0) is 18.6 Å². The summed E-state index contributed by atoms with van der Waals surface area (Å²) in [6.07, 6.45) is 1.71. The standard InChI is InChI=1S/C13H12ClN3O/c1-8-3-2-4-10(14)13(8)17-12-7-18-6-11(15)9(12)5-16-17/h2-5,15H,6-7H2,1H3. The SMILES string of the molecule is Cc1cccc(Cl)c1-n1ncc2c1COCC2=N. The Hall–Kier alpha value is -1.65. The second-order valence-corrected chi connectivity index (χ2v) is 4.70. The van der Waals surface area contributed by atoms with Crippen molar-refractivity contribution in [3.8, 4) is 5.69 Å². The fraction of sp³-hybridized carbons (Fsp3) is 0.231. The van der Waals surface area contributed by atoms with Crippen molar-refractivity contribution in [1.82, 2.24) is 9.78 Å². The van der Waals surface area contributed by atoms with Crippen LogP contribution >= 0.6 is 11.6 Å². The van der Waals surface area contributed by atoms with E-state index in [-0.39, 0.29) is 0 Å². The van der Waals surface area contributed by atoms with Gasteiger partial charge >= 0.3 is 0 Å². The molecule has 0 saturated heterocycles. The van der Waals surface area contributed by atoms with Gasteiger partial charge in [0, 0.05) is 5.56 Å². The van der Waals surface area contributed by atoms with Gasteiger partial charge in [0.15, 0.2) is 0 Å². The van der Waals surface area contributed by atoms with Crippen LogP contribution in [0.15, 0.2) is 24.4 Å². The van der Waals surface area contributed by atoms with Gasteiger partial charge in [-0.15, -0.1) is 0 Å². The van der Waals surface area contributed by atoms with Crippen molar-refractivity contribution < 1.29 is 4.74 Å². The lowest BCUT2D eigenvalue weighted by Gasteiger charge is -2.17. The molecule has 0 fully saturated rings. The molecule has 2 heterocycles. The highest BCUT2D eigenvalue weighted by Crippen LogP contribution is 2.27. The number of rotatable bonds is 1. The van der Waals surface area contributed by atoms with E-state index in [2.05, 4.69) is 5.10 Å². The second-order valence-electron chi connectivity index (χ2n) is 4.29. The molecule has 0 amide bonds. The molecular weight excluding hydrogens is 250 g/mol. The van der Waals surface area contributed by atoms with Crippen LogP contribution < -0.4 is 0 Å². The Morgan fingerprint density at radius 3 is 3.00 bits per heavy atom. The molecule has 0 bridgehead atoms. The molecule has 0 aliphatic carbocycles. The topological polar surface area (TPSA) is 50.9 Å². The van der Waals surface area contributed by atoms with Crippen LogP contribution in [0.25, 0.3) is 5.69 Å². The van der Waals surface area contributed by atoms with E-state index in [1.807, 2.05) is 25.1 Å². The van der Waals surface area contributed by atoms with Gasteiger partial charge in [0.25, 0.3) is 0 Å². The molecule has 4 nitrogen and oxygen atoms in total. The molecule has 1 aliphatic rings. The largest absolute Gasteiger partial charge is 0.369 e. The van der Waals surface area contributed by atoms with Crippen LogP contribution in [0.3, 0.4) is 0 Å². The van der Waals surface area contributed by atoms with Gasteiger partial charge in [0.2, 0.25) is 0 Å². The first kappa shape index (κ1) is 11.4. The zero-order chi connectivity index (χ0) is 12.7. The number of fused-ring (bicyclic) bond motifs is 1. The van der Waals surface area contributed by atoms with Crippen molar-refractivity contribution in [2.24, 2.45) is 0 Å². The van der Waals surface area contributed by atoms with Gasteiger partial charge in [-0.1, -0.05) is 23.7 Å². The van der Waals surface area contributed by atoms with Crippen LogP contribution in [0, 0.1) is 12.3 Å². The van der Waals surface area contributed by atoms with Crippen molar-refractivity contribution in [3.63, 3.8) is 0 Å². The van der Waals surface area contributed by atoms with Crippen molar-refractivity contribution in [2.45, 2.75) is 13.5 Å². The number of halogens is 1. The van der Waals surface area contributed by atoms with Crippen LogP contribution in [0.2, 0.25) is 5.02 Å². The Balaban J connectivity index is 2.22. The average molecular weight is 262 g/mol. The maximum Gasteiger partial charge on any atom is 0.0901 e. The molecule has 0 spiro atoms. The van der Waals surface area contributed by atoms with Crippen LogP contribution in [0.5, 0.6) is 0 Å². The molecule has 2 aromatic rings. The maximum absolute atomic E-state index is 7.84.